The van der Waals surface area contributed by atoms with E-state index in [0.717, 1.165) is 12.1 Å². The molecule has 1 atom stereocenters. The number of nitrogens with one attached hydrogen (secondary N) is 1. The number of anilines is 2. The molecule has 1 fully saturated rings. The lowest BCUT2D eigenvalue weighted by Crippen LogP contribution is -2.55. The van der Waals surface area contributed by atoms with Gasteiger partial charge in [-0.1, -0.05) is 11.6 Å². The van der Waals surface area contributed by atoms with Gasteiger partial charge in [-0.3, -0.25) is 9.69 Å². The van der Waals surface area contributed by atoms with E-state index in [9.17, 15) is 22.8 Å². The molecule has 1 saturated heterocycles. The van der Waals surface area contributed by atoms with Crippen molar-refractivity contribution in [1.29, 1.82) is 0 Å². The van der Waals surface area contributed by atoms with Crippen LogP contribution in [0.15, 0.2) is 65.5 Å². The number of ether oxygens (including phenoxy) is 2. The van der Waals surface area contributed by atoms with Crippen molar-refractivity contribution in [3.8, 4) is 11.5 Å². The normalized spacial score (nSPS) is 14.7. The van der Waals surface area contributed by atoms with E-state index >= 15 is 0 Å². The van der Waals surface area contributed by atoms with Crippen LogP contribution in [0.25, 0.3) is 10.9 Å². The van der Waals surface area contributed by atoms with Gasteiger partial charge in [0, 0.05) is 43.0 Å². The molecule has 2 amide bonds. The lowest BCUT2D eigenvalue weighted by atomic mass is 10.1. The van der Waals surface area contributed by atoms with Gasteiger partial charge in [-0.15, -0.1) is 0 Å². The SMILES string of the molecule is COc1ccc(N(C(=O)Nc2ccc(C(F)(F)F)cc2)C(C)c2nc3cc(Cl)ccc3c(=O)n2N2CCN(C)CC2)c(OC)c1. The van der Waals surface area contributed by atoms with Gasteiger partial charge in [0.2, 0.25) is 0 Å². The van der Waals surface area contributed by atoms with Crippen LogP contribution in [0.1, 0.15) is 24.4 Å². The fraction of sp³-hybridized carbons (Fsp3) is 0.323. The van der Waals surface area contributed by atoms with E-state index in [2.05, 4.69) is 10.2 Å². The number of piperazine rings is 1. The molecule has 0 aliphatic carbocycles. The molecule has 1 aliphatic rings. The van der Waals surface area contributed by atoms with Crippen LogP contribution in [0.2, 0.25) is 5.02 Å². The number of nitrogens with zero attached hydrogens (tertiary/aromatic N) is 5. The van der Waals surface area contributed by atoms with Gasteiger partial charge in [0.15, 0.2) is 5.82 Å². The number of hydrogen-bond acceptors (Lipinski definition) is 7. The number of halogens is 4. The summed E-state index contributed by atoms with van der Waals surface area (Å²) in [6.07, 6.45) is -4.53. The average molecular weight is 645 g/mol. The first-order chi connectivity index (χ1) is 21.4. The maximum atomic E-state index is 14.1. The molecule has 5 rings (SSSR count). The Morgan fingerprint density at radius 1 is 1.00 bits per heavy atom. The van der Waals surface area contributed by atoms with Crippen molar-refractivity contribution >= 4 is 39.9 Å². The molecule has 2 heterocycles. The minimum atomic E-state index is -4.53. The van der Waals surface area contributed by atoms with Crippen LogP contribution >= 0.6 is 11.6 Å². The number of carbonyl (C=O) groups is 1. The van der Waals surface area contributed by atoms with Crippen LogP contribution in [0.4, 0.5) is 29.3 Å². The van der Waals surface area contributed by atoms with Gasteiger partial charge >= 0.3 is 12.2 Å². The zero-order valence-electron chi connectivity index (χ0n) is 25.1. The summed E-state index contributed by atoms with van der Waals surface area (Å²) in [5, 5.41) is 5.33. The summed E-state index contributed by atoms with van der Waals surface area (Å²) in [5.74, 6) is 1.00. The standard InChI is InChI=1S/C31H32ClF3N6O4/c1-19(28-37-25-17-21(32)7-11-24(25)29(42)41(28)39-15-13-38(2)14-16-39)40(26-12-10-23(44-3)18-27(26)45-4)30(43)36-22-8-5-20(6-9-22)31(33,34)35/h5-12,17-19H,13-16H2,1-4H3,(H,36,43). The smallest absolute Gasteiger partial charge is 0.416 e. The third-order valence-electron chi connectivity index (χ3n) is 7.69. The molecule has 4 aromatic rings. The number of rotatable bonds is 7. The van der Waals surface area contributed by atoms with Gasteiger partial charge in [-0.25, -0.2) is 14.5 Å². The van der Waals surface area contributed by atoms with Crippen molar-refractivity contribution in [2.75, 3.05) is 62.7 Å². The molecule has 0 radical (unpaired) electrons. The van der Waals surface area contributed by atoms with Crippen molar-refractivity contribution in [3.63, 3.8) is 0 Å². The molecular formula is C31H32ClF3N6O4. The summed E-state index contributed by atoms with van der Waals surface area (Å²) in [7, 11) is 4.92. The molecular weight excluding hydrogens is 613 g/mol. The second kappa shape index (κ2) is 12.9. The first-order valence-corrected chi connectivity index (χ1v) is 14.4. The van der Waals surface area contributed by atoms with Gasteiger partial charge in [0.05, 0.1) is 42.4 Å². The predicted molar refractivity (Wildman–Crippen MR) is 167 cm³/mol. The van der Waals surface area contributed by atoms with Crippen LogP contribution in [0, 0.1) is 0 Å². The topological polar surface area (TPSA) is 92.2 Å². The molecule has 0 bridgehead atoms. The van der Waals surface area contributed by atoms with Crippen LogP contribution in [-0.4, -0.2) is 68.0 Å². The fourth-order valence-electron chi connectivity index (χ4n) is 5.23. The van der Waals surface area contributed by atoms with Crippen LogP contribution in [0.5, 0.6) is 11.5 Å². The van der Waals surface area contributed by atoms with E-state index in [1.807, 2.05) is 12.1 Å². The van der Waals surface area contributed by atoms with Crippen molar-refractivity contribution in [1.82, 2.24) is 14.6 Å². The molecule has 14 heteroatoms. The predicted octanol–water partition coefficient (Wildman–Crippen LogP) is 5.77. The van der Waals surface area contributed by atoms with E-state index < -0.39 is 23.8 Å². The minimum absolute atomic E-state index is 0.132. The van der Waals surface area contributed by atoms with Crippen LogP contribution in [0.3, 0.4) is 0 Å². The van der Waals surface area contributed by atoms with Gasteiger partial charge in [0.1, 0.15) is 11.5 Å². The number of aromatic nitrogens is 2. The van der Waals surface area contributed by atoms with Crippen molar-refractivity contribution in [2.45, 2.75) is 19.1 Å². The number of fused-ring (bicyclic) bond motifs is 1. The Balaban J connectivity index is 1.66. The lowest BCUT2D eigenvalue weighted by Gasteiger charge is -2.38. The number of hydrogen-bond donors (Lipinski definition) is 1. The quantitative estimate of drug-likeness (QED) is 0.273. The number of benzene rings is 3. The van der Waals surface area contributed by atoms with E-state index in [-0.39, 0.29) is 22.8 Å². The highest BCUT2D eigenvalue weighted by atomic mass is 35.5. The molecule has 1 aliphatic heterocycles. The molecule has 1 aromatic heterocycles. The Hall–Kier alpha value is -4.49. The molecule has 3 aromatic carbocycles. The first kappa shape index (κ1) is 31.9. The van der Waals surface area contributed by atoms with E-state index in [0.29, 0.717) is 53.5 Å². The van der Waals surface area contributed by atoms with E-state index in [4.69, 9.17) is 26.1 Å². The third-order valence-corrected chi connectivity index (χ3v) is 7.92. The molecule has 0 saturated carbocycles. The lowest BCUT2D eigenvalue weighted by molar-refractivity contribution is -0.137. The molecule has 1 unspecified atom stereocenters. The summed E-state index contributed by atoms with van der Waals surface area (Å²) >= 11 is 6.28. The Labute approximate surface area is 262 Å². The Bertz CT molecular complexity index is 1760. The number of methoxy groups -OCH3 is 2. The largest absolute Gasteiger partial charge is 0.497 e. The summed E-state index contributed by atoms with van der Waals surface area (Å²) in [5.41, 5.74) is -0.386. The summed E-state index contributed by atoms with van der Waals surface area (Å²) < 4.78 is 52.0. The second-order valence-corrected chi connectivity index (χ2v) is 11.0. The zero-order chi connectivity index (χ0) is 32.5. The van der Waals surface area contributed by atoms with Crippen molar-refractivity contribution < 1.29 is 27.4 Å². The van der Waals surface area contributed by atoms with E-state index in [1.165, 1.54) is 35.9 Å². The molecule has 1 N–H and O–H groups in total. The highest BCUT2D eigenvalue weighted by molar-refractivity contribution is 6.31. The highest BCUT2D eigenvalue weighted by Gasteiger charge is 2.33. The van der Waals surface area contributed by atoms with Crippen LogP contribution < -0.4 is 30.3 Å². The van der Waals surface area contributed by atoms with Crippen molar-refractivity contribution in [3.05, 3.63) is 87.4 Å². The average Bonchev–Trinajstić information content (AvgIpc) is 3.01. The van der Waals surface area contributed by atoms with E-state index in [1.54, 1.807) is 43.3 Å². The number of alkyl halides is 3. The number of amides is 2. The van der Waals surface area contributed by atoms with Crippen molar-refractivity contribution in [2.24, 2.45) is 0 Å². The van der Waals surface area contributed by atoms with Crippen LogP contribution in [-0.2, 0) is 6.18 Å². The second-order valence-electron chi connectivity index (χ2n) is 10.6. The monoisotopic (exact) mass is 644 g/mol. The molecule has 238 valence electrons. The van der Waals surface area contributed by atoms with Gasteiger partial charge in [0.25, 0.3) is 5.56 Å². The van der Waals surface area contributed by atoms with Gasteiger partial charge in [-0.05, 0) is 68.6 Å². The van der Waals surface area contributed by atoms with Gasteiger partial charge in [-0.2, -0.15) is 13.2 Å². The fourth-order valence-corrected chi connectivity index (χ4v) is 5.39. The maximum absolute atomic E-state index is 14.1. The summed E-state index contributed by atoms with van der Waals surface area (Å²) in [6.45, 7) is 4.16. The Kier molecular flexibility index (Phi) is 9.12. The number of carbonyl (C=O) groups excluding carboxylic acids is 1. The van der Waals surface area contributed by atoms with Gasteiger partial charge < -0.3 is 24.7 Å². The molecule has 10 nitrogen and oxygen atoms in total. The number of likely N-dealkylation sites (N-methyl/N-ethyl adjacent to an activating group) is 1. The minimum Gasteiger partial charge on any atom is -0.497 e. The Morgan fingerprint density at radius 3 is 2.31 bits per heavy atom. The maximum Gasteiger partial charge on any atom is 0.416 e. The third kappa shape index (κ3) is 6.64. The summed E-state index contributed by atoms with van der Waals surface area (Å²) in [4.78, 5) is 36.5. The highest BCUT2D eigenvalue weighted by Crippen LogP contribution is 2.38. The zero-order valence-corrected chi connectivity index (χ0v) is 25.8. The molecule has 0 spiro atoms. The summed E-state index contributed by atoms with van der Waals surface area (Å²) in [6, 6.07) is 12.2. The first-order valence-electron chi connectivity index (χ1n) is 14.1. The number of urea groups is 1. The molecule has 45 heavy (non-hydrogen) atoms. The Morgan fingerprint density at radius 2 is 1.69 bits per heavy atom.